The van der Waals surface area contributed by atoms with Gasteiger partial charge in [0.25, 0.3) is 0 Å². The van der Waals surface area contributed by atoms with Crippen molar-refractivity contribution in [2.75, 3.05) is 39.6 Å². The number of unbranched alkanes of at least 4 members (excludes halogenated alkanes) is 15. The molecule has 0 aromatic rings. The van der Waals surface area contributed by atoms with E-state index in [-0.39, 0.29) is 31.1 Å². The van der Waals surface area contributed by atoms with Crippen molar-refractivity contribution < 1.29 is 33.3 Å². The van der Waals surface area contributed by atoms with E-state index >= 15 is 0 Å². The van der Waals surface area contributed by atoms with Gasteiger partial charge in [-0.1, -0.05) is 103 Å². The van der Waals surface area contributed by atoms with Crippen molar-refractivity contribution in [2.24, 2.45) is 0 Å². The number of ether oxygens (including phenoxy) is 4. The maximum Gasteiger partial charge on any atom is 0.328 e. The fourth-order valence-corrected chi connectivity index (χ4v) is 5.62. The highest BCUT2D eigenvalue weighted by Gasteiger charge is 2.23. The number of carbonyl (C=O) groups is 3. The summed E-state index contributed by atoms with van der Waals surface area (Å²) in [6, 6.07) is -0.734. The van der Waals surface area contributed by atoms with Crippen LogP contribution in [0.15, 0.2) is 0 Å². The lowest BCUT2D eigenvalue weighted by atomic mass is 10.0. The first-order chi connectivity index (χ1) is 22.2. The number of amides is 2. The minimum Gasteiger partial charge on any atom is -0.464 e. The number of hydrogen-bond donors (Lipinski definition) is 2. The zero-order valence-electron chi connectivity index (χ0n) is 30.1. The summed E-state index contributed by atoms with van der Waals surface area (Å²) < 4.78 is 22.8. The predicted octanol–water partition coefficient (Wildman–Crippen LogP) is 7.57. The van der Waals surface area contributed by atoms with E-state index in [4.69, 9.17) is 18.9 Å². The summed E-state index contributed by atoms with van der Waals surface area (Å²) in [5, 5.41) is 5.72. The first-order valence-corrected chi connectivity index (χ1v) is 18.8. The molecule has 1 rings (SSSR count). The Morgan fingerprint density at radius 1 is 0.804 bits per heavy atom. The van der Waals surface area contributed by atoms with Crippen molar-refractivity contribution >= 4 is 17.8 Å². The van der Waals surface area contributed by atoms with E-state index in [0.29, 0.717) is 58.5 Å². The van der Waals surface area contributed by atoms with Crippen LogP contribution in [0.2, 0.25) is 0 Å². The Hall–Kier alpha value is -1.71. The monoisotopic (exact) mass is 655 g/mol. The molecule has 1 fully saturated rings. The van der Waals surface area contributed by atoms with Crippen LogP contribution >= 0.6 is 0 Å². The number of rotatable bonds is 18. The van der Waals surface area contributed by atoms with Crippen molar-refractivity contribution in [1.82, 2.24) is 10.6 Å². The van der Waals surface area contributed by atoms with Crippen LogP contribution in [0.25, 0.3) is 0 Å². The highest BCUT2D eigenvalue weighted by Crippen LogP contribution is 2.16. The molecule has 1 saturated heterocycles. The molecule has 2 atom stereocenters. The van der Waals surface area contributed by atoms with Crippen LogP contribution in [0, 0.1) is 0 Å². The van der Waals surface area contributed by atoms with Gasteiger partial charge < -0.3 is 29.6 Å². The zero-order chi connectivity index (χ0) is 33.7. The summed E-state index contributed by atoms with van der Waals surface area (Å²) in [6.45, 7) is 9.92. The van der Waals surface area contributed by atoms with E-state index in [1.54, 1.807) is 0 Å². The van der Waals surface area contributed by atoms with E-state index < -0.39 is 17.6 Å². The summed E-state index contributed by atoms with van der Waals surface area (Å²) >= 11 is 0. The highest BCUT2D eigenvalue weighted by atomic mass is 16.5. The molecular weight excluding hydrogens is 584 g/mol. The summed E-state index contributed by atoms with van der Waals surface area (Å²) in [4.78, 5) is 37.7. The molecule has 9 nitrogen and oxygen atoms in total. The van der Waals surface area contributed by atoms with Crippen LogP contribution in [0.4, 0.5) is 0 Å². The van der Waals surface area contributed by atoms with Gasteiger partial charge in [0.15, 0.2) is 0 Å². The van der Waals surface area contributed by atoms with E-state index in [0.717, 1.165) is 19.3 Å². The minimum atomic E-state index is -0.734. The van der Waals surface area contributed by atoms with E-state index in [2.05, 4.69) is 17.6 Å². The van der Waals surface area contributed by atoms with E-state index in [9.17, 15) is 14.4 Å². The predicted molar refractivity (Wildman–Crippen MR) is 185 cm³/mol. The second-order valence-corrected chi connectivity index (χ2v) is 13.7. The third-order valence-electron chi connectivity index (χ3n) is 8.64. The van der Waals surface area contributed by atoms with Gasteiger partial charge in [-0.15, -0.1) is 0 Å². The third kappa shape index (κ3) is 25.4. The number of hydrogen-bond acceptors (Lipinski definition) is 7. The molecule has 2 amide bonds. The minimum absolute atomic E-state index is 0.0578. The maximum atomic E-state index is 12.9. The lowest BCUT2D eigenvalue weighted by Gasteiger charge is -2.26. The van der Waals surface area contributed by atoms with Crippen LogP contribution in [-0.4, -0.2) is 75.1 Å². The van der Waals surface area contributed by atoms with Crippen LogP contribution in [0.5, 0.6) is 0 Å². The van der Waals surface area contributed by atoms with E-state index in [1.165, 1.54) is 83.5 Å². The molecule has 0 aromatic carbocycles. The molecule has 0 spiro atoms. The summed E-state index contributed by atoms with van der Waals surface area (Å²) in [6.07, 6.45) is 23.3. The van der Waals surface area contributed by atoms with Gasteiger partial charge in [0.2, 0.25) is 11.8 Å². The average molecular weight is 655 g/mol. The first-order valence-electron chi connectivity index (χ1n) is 18.8. The molecule has 270 valence electrons. The standard InChI is InChI=1S/C37H70N2O7/c1-5-6-7-8-9-10-11-12-13-14-15-16-17-18-19-22-26-45-36(42)33-23-20-21-25-38-34(40)30-32(2)44-27-24-37(3,4)46-29-28-43-31-35(41)39-33/h32-33H,5-31H2,1-4H3,(H,38,40)(H,39,41). The first kappa shape index (κ1) is 42.3. The molecule has 1 aliphatic rings. The quantitative estimate of drug-likeness (QED) is 0.116. The summed E-state index contributed by atoms with van der Waals surface area (Å²) in [5.41, 5.74) is -0.421. The van der Waals surface area contributed by atoms with Gasteiger partial charge in [-0.2, -0.15) is 0 Å². The largest absolute Gasteiger partial charge is 0.464 e. The molecule has 2 unspecified atom stereocenters. The molecule has 46 heavy (non-hydrogen) atoms. The van der Waals surface area contributed by atoms with Crippen molar-refractivity contribution in [1.29, 1.82) is 0 Å². The molecule has 0 radical (unpaired) electrons. The van der Waals surface area contributed by atoms with Gasteiger partial charge in [0, 0.05) is 13.2 Å². The normalized spacial score (nSPS) is 21.2. The Balaban J connectivity index is 2.29. The number of carbonyl (C=O) groups excluding carboxylic acids is 3. The van der Waals surface area contributed by atoms with Gasteiger partial charge in [-0.25, -0.2) is 4.79 Å². The Bertz CT molecular complexity index is 777. The fraction of sp³-hybridized carbons (Fsp3) is 0.919. The van der Waals surface area contributed by atoms with Gasteiger partial charge >= 0.3 is 5.97 Å². The Labute approximate surface area is 281 Å². The second-order valence-electron chi connectivity index (χ2n) is 13.7. The molecular formula is C37H70N2O7. The molecule has 0 bridgehead atoms. The van der Waals surface area contributed by atoms with Crippen molar-refractivity contribution in [3.05, 3.63) is 0 Å². The highest BCUT2D eigenvalue weighted by molar-refractivity contribution is 5.85. The molecule has 9 heteroatoms. The lowest BCUT2D eigenvalue weighted by molar-refractivity contribution is -0.149. The van der Waals surface area contributed by atoms with Crippen molar-refractivity contribution in [2.45, 2.75) is 180 Å². The maximum absolute atomic E-state index is 12.9. The van der Waals surface area contributed by atoms with Crippen molar-refractivity contribution in [3.8, 4) is 0 Å². The molecule has 0 saturated carbocycles. The Morgan fingerprint density at radius 3 is 2.00 bits per heavy atom. The molecule has 0 aromatic heterocycles. The third-order valence-corrected chi connectivity index (χ3v) is 8.64. The van der Waals surface area contributed by atoms with Gasteiger partial charge in [0.05, 0.1) is 37.9 Å². The zero-order valence-corrected chi connectivity index (χ0v) is 30.1. The molecule has 1 aliphatic heterocycles. The fourth-order valence-electron chi connectivity index (χ4n) is 5.62. The second kappa shape index (κ2) is 28.3. The molecule has 0 aliphatic carbocycles. The van der Waals surface area contributed by atoms with Crippen LogP contribution in [0.3, 0.4) is 0 Å². The van der Waals surface area contributed by atoms with E-state index in [1.807, 2.05) is 20.8 Å². The summed E-state index contributed by atoms with van der Waals surface area (Å²) in [5.74, 6) is -0.817. The van der Waals surface area contributed by atoms with Gasteiger partial charge in [-0.3, -0.25) is 9.59 Å². The van der Waals surface area contributed by atoms with Crippen LogP contribution in [-0.2, 0) is 33.3 Å². The van der Waals surface area contributed by atoms with Gasteiger partial charge in [0.1, 0.15) is 12.6 Å². The van der Waals surface area contributed by atoms with Crippen molar-refractivity contribution in [3.63, 3.8) is 0 Å². The molecule has 1 heterocycles. The summed E-state index contributed by atoms with van der Waals surface area (Å²) in [7, 11) is 0. The lowest BCUT2D eigenvalue weighted by Crippen LogP contribution is -2.43. The number of nitrogens with one attached hydrogen (secondary N) is 2. The van der Waals surface area contributed by atoms with Crippen LogP contribution in [0.1, 0.15) is 163 Å². The smallest absolute Gasteiger partial charge is 0.328 e. The van der Waals surface area contributed by atoms with Gasteiger partial charge in [-0.05, 0) is 52.9 Å². The Morgan fingerprint density at radius 2 is 1.39 bits per heavy atom. The topological polar surface area (TPSA) is 112 Å². The SMILES string of the molecule is CCCCCCCCCCCCCCCCCCOC(=O)C1CCCCNC(=O)CC(C)OCCC(C)(C)OCCOCC(=O)N1. The van der Waals surface area contributed by atoms with Crippen LogP contribution < -0.4 is 10.6 Å². The number of esters is 1. The molecule has 2 N–H and O–H groups in total. The average Bonchev–Trinajstić information content (AvgIpc) is 3.00. The Kier molecular flexibility index (Phi) is 26.0.